The van der Waals surface area contributed by atoms with Crippen LogP contribution < -0.4 is 10.1 Å². The molecule has 0 spiro atoms. The highest BCUT2D eigenvalue weighted by molar-refractivity contribution is 9.10. The van der Waals surface area contributed by atoms with Crippen LogP contribution in [-0.2, 0) is 6.61 Å². The third-order valence-electron chi connectivity index (χ3n) is 2.53. The number of ether oxygens (including phenoxy) is 1. The van der Waals surface area contributed by atoms with Gasteiger partial charge >= 0.3 is 0 Å². The van der Waals surface area contributed by atoms with Gasteiger partial charge in [-0.25, -0.2) is 13.8 Å². The van der Waals surface area contributed by atoms with Crippen molar-refractivity contribution >= 4 is 21.7 Å². The van der Waals surface area contributed by atoms with Crippen molar-refractivity contribution in [1.29, 1.82) is 0 Å². The Balaban J connectivity index is 2.11. The molecule has 1 heterocycles. The predicted octanol–water partition coefficient (Wildman–Crippen LogP) is 4.13. The van der Waals surface area contributed by atoms with E-state index in [1.807, 2.05) is 13.0 Å². The van der Waals surface area contributed by atoms with Gasteiger partial charge < -0.3 is 10.1 Å². The number of rotatable bonds is 5. The summed E-state index contributed by atoms with van der Waals surface area (Å²) in [5, 5.41) is 3.08. The van der Waals surface area contributed by atoms with Crippen LogP contribution in [0, 0.1) is 11.6 Å². The molecule has 0 saturated carbocycles. The van der Waals surface area contributed by atoms with Crippen LogP contribution in [0.5, 0.6) is 5.75 Å². The van der Waals surface area contributed by atoms with E-state index in [4.69, 9.17) is 4.74 Å². The van der Waals surface area contributed by atoms with E-state index in [1.165, 1.54) is 0 Å². The molecule has 106 valence electrons. The maximum atomic E-state index is 13.6. The lowest BCUT2D eigenvalue weighted by Gasteiger charge is -2.10. The van der Waals surface area contributed by atoms with Crippen molar-refractivity contribution in [1.82, 2.24) is 4.98 Å². The number of benzene rings is 1. The van der Waals surface area contributed by atoms with Gasteiger partial charge in [0.05, 0.1) is 4.47 Å². The van der Waals surface area contributed by atoms with E-state index < -0.39 is 11.6 Å². The summed E-state index contributed by atoms with van der Waals surface area (Å²) in [5.74, 6) is -0.668. The van der Waals surface area contributed by atoms with Crippen molar-refractivity contribution in [2.45, 2.75) is 13.5 Å². The molecule has 0 saturated heterocycles. The van der Waals surface area contributed by atoms with Gasteiger partial charge in [0.2, 0.25) is 0 Å². The molecule has 0 unspecified atom stereocenters. The Kier molecular flexibility index (Phi) is 4.89. The lowest BCUT2D eigenvalue weighted by atomic mass is 10.2. The standard InChI is InChI=1S/C14H13BrF2N2O/c1-2-18-13-5-9(3-4-19-13)8-20-14-11(15)6-10(16)7-12(14)17/h3-7H,2,8H2,1H3,(H,18,19). The number of nitrogens with one attached hydrogen (secondary N) is 1. The van der Waals surface area contributed by atoms with Crippen LogP contribution in [0.25, 0.3) is 0 Å². The van der Waals surface area contributed by atoms with Gasteiger partial charge in [0.1, 0.15) is 18.2 Å². The van der Waals surface area contributed by atoms with Crippen LogP contribution >= 0.6 is 15.9 Å². The predicted molar refractivity (Wildman–Crippen MR) is 76.8 cm³/mol. The Morgan fingerprint density at radius 2 is 2.10 bits per heavy atom. The third-order valence-corrected chi connectivity index (χ3v) is 3.12. The summed E-state index contributed by atoms with van der Waals surface area (Å²) in [7, 11) is 0. The van der Waals surface area contributed by atoms with E-state index in [9.17, 15) is 8.78 Å². The van der Waals surface area contributed by atoms with Gasteiger partial charge in [-0.05, 0) is 46.6 Å². The molecular formula is C14H13BrF2N2O. The molecule has 1 aromatic heterocycles. The Hall–Kier alpha value is -1.69. The summed E-state index contributed by atoms with van der Waals surface area (Å²) in [6, 6.07) is 5.54. The summed E-state index contributed by atoms with van der Waals surface area (Å²) in [4.78, 5) is 4.13. The maximum Gasteiger partial charge on any atom is 0.169 e. The molecule has 0 radical (unpaired) electrons. The quantitative estimate of drug-likeness (QED) is 0.886. The largest absolute Gasteiger partial charge is 0.485 e. The van der Waals surface area contributed by atoms with E-state index in [2.05, 4.69) is 26.2 Å². The fraction of sp³-hybridized carbons (Fsp3) is 0.214. The lowest BCUT2D eigenvalue weighted by Crippen LogP contribution is -2.02. The molecule has 0 aliphatic carbocycles. The molecule has 0 atom stereocenters. The second-order valence-electron chi connectivity index (χ2n) is 4.07. The normalized spacial score (nSPS) is 10.4. The van der Waals surface area contributed by atoms with Crippen LogP contribution in [0.4, 0.5) is 14.6 Å². The first-order valence-electron chi connectivity index (χ1n) is 6.06. The summed E-state index contributed by atoms with van der Waals surface area (Å²) in [5.41, 5.74) is 0.839. The zero-order valence-corrected chi connectivity index (χ0v) is 12.4. The first kappa shape index (κ1) is 14.7. The smallest absolute Gasteiger partial charge is 0.169 e. The first-order valence-corrected chi connectivity index (χ1v) is 6.85. The van der Waals surface area contributed by atoms with Crippen molar-refractivity contribution in [2.24, 2.45) is 0 Å². The van der Waals surface area contributed by atoms with Gasteiger partial charge in [0, 0.05) is 18.8 Å². The molecule has 0 aliphatic rings. The average Bonchev–Trinajstić information content (AvgIpc) is 2.38. The fourth-order valence-corrected chi connectivity index (χ4v) is 2.19. The Morgan fingerprint density at radius 3 is 2.80 bits per heavy atom. The van der Waals surface area contributed by atoms with Gasteiger partial charge in [-0.3, -0.25) is 0 Å². The fourth-order valence-electron chi connectivity index (χ4n) is 1.66. The number of halogens is 3. The van der Waals surface area contributed by atoms with Crippen molar-refractivity contribution in [2.75, 3.05) is 11.9 Å². The van der Waals surface area contributed by atoms with Crippen LogP contribution in [0.2, 0.25) is 0 Å². The van der Waals surface area contributed by atoms with E-state index >= 15 is 0 Å². The molecule has 0 bridgehead atoms. The Morgan fingerprint density at radius 1 is 1.30 bits per heavy atom. The zero-order chi connectivity index (χ0) is 14.5. The Labute approximate surface area is 124 Å². The SMILES string of the molecule is CCNc1cc(COc2c(F)cc(F)cc2Br)ccn1. The number of pyridine rings is 1. The van der Waals surface area contributed by atoms with Crippen molar-refractivity contribution in [3.05, 3.63) is 52.1 Å². The maximum absolute atomic E-state index is 13.6. The highest BCUT2D eigenvalue weighted by Gasteiger charge is 2.11. The minimum Gasteiger partial charge on any atom is -0.485 e. The summed E-state index contributed by atoms with van der Waals surface area (Å²) in [6.07, 6.45) is 1.65. The number of aromatic nitrogens is 1. The molecule has 2 rings (SSSR count). The molecule has 0 aliphatic heterocycles. The summed E-state index contributed by atoms with van der Waals surface area (Å²) in [6.45, 7) is 2.90. The van der Waals surface area contributed by atoms with Gasteiger partial charge in [0.15, 0.2) is 11.6 Å². The van der Waals surface area contributed by atoms with Gasteiger partial charge in [-0.1, -0.05) is 0 Å². The molecule has 20 heavy (non-hydrogen) atoms. The van der Waals surface area contributed by atoms with E-state index in [1.54, 1.807) is 12.3 Å². The number of hydrogen-bond donors (Lipinski definition) is 1. The van der Waals surface area contributed by atoms with Crippen LogP contribution in [-0.4, -0.2) is 11.5 Å². The number of nitrogens with zero attached hydrogens (tertiary/aromatic N) is 1. The molecule has 0 amide bonds. The summed E-state index contributed by atoms with van der Waals surface area (Å²) < 4.78 is 32.2. The lowest BCUT2D eigenvalue weighted by molar-refractivity contribution is 0.287. The monoisotopic (exact) mass is 342 g/mol. The number of anilines is 1. The van der Waals surface area contributed by atoms with E-state index in [0.717, 1.165) is 30.1 Å². The van der Waals surface area contributed by atoms with Gasteiger partial charge in [0.25, 0.3) is 0 Å². The second-order valence-corrected chi connectivity index (χ2v) is 4.92. The van der Waals surface area contributed by atoms with Crippen molar-refractivity contribution < 1.29 is 13.5 Å². The number of hydrogen-bond acceptors (Lipinski definition) is 3. The molecule has 3 nitrogen and oxygen atoms in total. The van der Waals surface area contributed by atoms with Crippen molar-refractivity contribution in [3.63, 3.8) is 0 Å². The van der Waals surface area contributed by atoms with Crippen LogP contribution in [0.15, 0.2) is 34.9 Å². The zero-order valence-electron chi connectivity index (χ0n) is 10.8. The minimum atomic E-state index is -0.738. The van der Waals surface area contributed by atoms with Crippen LogP contribution in [0.1, 0.15) is 12.5 Å². The molecule has 1 aromatic carbocycles. The molecule has 0 fully saturated rings. The van der Waals surface area contributed by atoms with Gasteiger partial charge in [-0.2, -0.15) is 0 Å². The summed E-state index contributed by atoms with van der Waals surface area (Å²) >= 11 is 3.08. The highest BCUT2D eigenvalue weighted by atomic mass is 79.9. The molecule has 6 heteroatoms. The van der Waals surface area contributed by atoms with E-state index in [0.29, 0.717) is 0 Å². The first-order chi connectivity index (χ1) is 9.60. The highest BCUT2D eigenvalue weighted by Crippen LogP contribution is 2.30. The van der Waals surface area contributed by atoms with Gasteiger partial charge in [-0.15, -0.1) is 0 Å². The van der Waals surface area contributed by atoms with Crippen molar-refractivity contribution in [3.8, 4) is 5.75 Å². The second kappa shape index (κ2) is 6.65. The third kappa shape index (κ3) is 3.66. The van der Waals surface area contributed by atoms with Crippen LogP contribution in [0.3, 0.4) is 0 Å². The molecule has 1 N–H and O–H groups in total. The topological polar surface area (TPSA) is 34.1 Å². The molecular weight excluding hydrogens is 330 g/mol. The minimum absolute atomic E-state index is 0.00628. The molecule has 2 aromatic rings. The van der Waals surface area contributed by atoms with E-state index in [-0.39, 0.29) is 16.8 Å². The average molecular weight is 343 g/mol. The Bertz CT molecular complexity index is 584.